The molecule has 3 rings (SSSR count). The second kappa shape index (κ2) is 12.6. The van der Waals surface area contributed by atoms with E-state index in [1.165, 1.54) is 13.0 Å². The van der Waals surface area contributed by atoms with Crippen molar-refractivity contribution in [3.8, 4) is 0 Å². The molecule has 0 bridgehead atoms. The maximum Gasteiger partial charge on any atom is 0.510 e. The molecule has 2 aromatic carbocycles. The summed E-state index contributed by atoms with van der Waals surface area (Å²) in [5.74, 6) is -0.109. The Morgan fingerprint density at radius 2 is 1.74 bits per heavy atom. The van der Waals surface area contributed by atoms with E-state index in [1.54, 1.807) is 32.0 Å². The van der Waals surface area contributed by atoms with Gasteiger partial charge in [0.2, 0.25) is 5.88 Å². The molecule has 0 fully saturated rings. The molecule has 0 aliphatic carbocycles. The summed E-state index contributed by atoms with van der Waals surface area (Å²) >= 11 is 0. The van der Waals surface area contributed by atoms with Gasteiger partial charge in [-0.25, -0.2) is 13.2 Å². The maximum absolute atomic E-state index is 14.1. The van der Waals surface area contributed by atoms with Crippen molar-refractivity contribution in [2.75, 3.05) is 49.7 Å². The molecule has 14 nitrogen and oxygen atoms in total. The van der Waals surface area contributed by atoms with Gasteiger partial charge < -0.3 is 28.5 Å². The van der Waals surface area contributed by atoms with Crippen LogP contribution >= 0.6 is 0 Å². The van der Waals surface area contributed by atoms with E-state index in [0.717, 1.165) is 9.99 Å². The summed E-state index contributed by atoms with van der Waals surface area (Å²) in [5, 5.41) is 14.2. The molecule has 1 heterocycles. The van der Waals surface area contributed by atoms with Gasteiger partial charge in [0.25, 0.3) is 15.1 Å². The van der Waals surface area contributed by atoms with Crippen molar-refractivity contribution in [2.24, 2.45) is 0 Å². The van der Waals surface area contributed by atoms with Crippen LogP contribution in [0.4, 0.5) is 16.4 Å². The number of benzene rings is 2. The van der Waals surface area contributed by atoms with Gasteiger partial charge in [-0.2, -0.15) is 4.31 Å². The predicted molar refractivity (Wildman–Crippen MR) is 140 cm³/mol. The Morgan fingerprint density at radius 3 is 2.38 bits per heavy atom. The number of carbonyl (C=O) groups excluding carboxylic acids is 1. The molecule has 0 saturated heterocycles. The smallest absolute Gasteiger partial charge is 0.432 e. The second-order valence-electron chi connectivity index (χ2n) is 8.51. The molecule has 0 N–H and O–H groups in total. The van der Waals surface area contributed by atoms with Gasteiger partial charge in [-0.1, -0.05) is 29.4 Å². The number of ether oxygens (including phenoxy) is 3. The summed E-state index contributed by atoms with van der Waals surface area (Å²) in [4.78, 5) is 28.4. The van der Waals surface area contributed by atoms with E-state index in [9.17, 15) is 23.3 Å². The summed E-state index contributed by atoms with van der Waals surface area (Å²) in [5.41, 5.74) is 1.73. The van der Waals surface area contributed by atoms with E-state index in [0.29, 0.717) is 22.0 Å². The maximum atomic E-state index is 14.1. The number of nitrogens with zero attached hydrogens (tertiary/aromatic N) is 4. The first-order valence-corrected chi connectivity index (χ1v) is 13.2. The van der Waals surface area contributed by atoms with Crippen LogP contribution in [0.5, 0.6) is 0 Å². The molecule has 1 unspecified atom stereocenters. The standard InChI is InChI=1S/C24H30N4O10S/c1-16-17(2)25-38-23(16)27(18(3)37-24(29)35-14-12-34-13-15-36-28(30)31)39(32,33)22-11-7-8-19-20(22)9-6-10-21(19)26(4)5/h6-11,18H,12-15H2,1-5H3. The predicted octanol–water partition coefficient (Wildman–Crippen LogP) is 3.43. The van der Waals surface area contributed by atoms with Gasteiger partial charge in [-0.3, -0.25) is 0 Å². The topological polar surface area (TPSA) is 164 Å². The van der Waals surface area contributed by atoms with Crippen molar-refractivity contribution in [3.63, 3.8) is 0 Å². The number of aryl methyl sites for hydroxylation is 1. The van der Waals surface area contributed by atoms with Gasteiger partial charge in [0.05, 0.1) is 23.8 Å². The third-order valence-electron chi connectivity index (χ3n) is 5.68. The number of rotatable bonds is 13. The largest absolute Gasteiger partial charge is 0.510 e. The zero-order chi connectivity index (χ0) is 28.7. The molecular weight excluding hydrogens is 536 g/mol. The third kappa shape index (κ3) is 6.86. The molecule has 212 valence electrons. The van der Waals surface area contributed by atoms with E-state index < -0.39 is 27.5 Å². The highest BCUT2D eigenvalue weighted by molar-refractivity contribution is 7.93. The van der Waals surface area contributed by atoms with Crippen molar-refractivity contribution >= 4 is 38.5 Å². The van der Waals surface area contributed by atoms with Crippen molar-refractivity contribution in [3.05, 3.63) is 57.8 Å². The molecule has 0 aliphatic heterocycles. The zero-order valence-electron chi connectivity index (χ0n) is 22.1. The van der Waals surface area contributed by atoms with Gasteiger partial charge in [0, 0.05) is 36.1 Å². The number of sulfonamides is 1. The van der Waals surface area contributed by atoms with Crippen LogP contribution in [0.2, 0.25) is 0 Å². The normalized spacial score (nSPS) is 12.1. The number of hydrogen-bond acceptors (Lipinski definition) is 12. The first kappa shape index (κ1) is 29.4. The number of fused-ring (bicyclic) bond motifs is 1. The van der Waals surface area contributed by atoms with Crippen LogP contribution in [-0.4, -0.2) is 71.6 Å². The molecular formula is C24H30N4O10S. The summed E-state index contributed by atoms with van der Waals surface area (Å²) in [6, 6.07) is 10.3. The van der Waals surface area contributed by atoms with E-state index in [1.807, 2.05) is 31.1 Å². The molecule has 0 radical (unpaired) electrons. The highest BCUT2D eigenvalue weighted by Gasteiger charge is 2.37. The fraction of sp³-hybridized carbons (Fsp3) is 0.417. The Labute approximate surface area is 225 Å². The summed E-state index contributed by atoms with van der Waals surface area (Å²) in [6.07, 6.45) is -2.55. The van der Waals surface area contributed by atoms with Gasteiger partial charge in [0.1, 0.15) is 13.2 Å². The lowest BCUT2D eigenvalue weighted by Gasteiger charge is -2.28. The number of anilines is 2. The number of hydrogen-bond donors (Lipinski definition) is 0. The van der Waals surface area contributed by atoms with Crippen LogP contribution in [-0.2, 0) is 29.1 Å². The molecule has 0 aliphatic rings. The van der Waals surface area contributed by atoms with Gasteiger partial charge in [0.15, 0.2) is 6.23 Å². The van der Waals surface area contributed by atoms with Gasteiger partial charge in [-0.05, 0) is 32.9 Å². The Hall–Kier alpha value is -4.11. The first-order valence-electron chi connectivity index (χ1n) is 11.8. The van der Waals surface area contributed by atoms with E-state index in [2.05, 4.69) is 9.99 Å². The Morgan fingerprint density at radius 1 is 1.08 bits per heavy atom. The quantitative estimate of drug-likeness (QED) is 0.0975. The van der Waals surface area contributed by atoms with Crippen LogP contribution in [0, 0.1) is 24.0 Å². The van der Waals surface area contributed by atoms with Crippen molar-refractivity contribution in [1.29, 1.82) is 0 Å². The lowest BCUT2D eigenvalue weighted by Crippen LogP contribution is -2.42. The van der Waals surface area contributed by atoms with Gasteiger partial charge in [-0.15, -0.1) is 10.1 Å². The van der Waals surface area contributed by atoms with Crippen molar-refractivity contribution < 1.29 is 41.9 Å². The first-order chi connectivity index (χ1) is 18.4. The van der Waals surface area contributed by atoms with Crippen LogP contribution in [0.15, 0.2) is 45.8 Å². The summed E-state index contributed by atoms with van der Waals surface area (Å²) < 4.78 is 49.8. The van der Waals surface area contributed by atoms with Crippen LogP contribution in [0.1, 0.15) is 18.2 Å². The molecule has 0 amide bonds. The van der Waals surface area contributed by atoms with E-state index in [4.69, 9.17) is 18.7 Å². The van der Waals surface area contributed by atoms with Crippen LogP contribution in [0.3, 0.4) is 0 Å². The molecule has 1 aromatic heterocycles. The van der Waals surface area contributed by atoms with Gasteiger partial charge >= 0.3 is 6.16 Å². The van der Waals surface area contributed by atoms with Crippen molar-refractivity contribution in [2.45, 2.75) is 31.9 Å². The minimum absolute atomic E-state index is 0.0219. The molecule has 15 heteroatoms. The molecule has 3 aromatic rings. The molecule has 0 saturated carbocycles. The van der Waals surface area contributed by atoms with Crippen LogP contribution < -0.4 is 9.21 Å². The zero-order valence-corrected chi connectivity index (χ0v) is 23.0. The fourth-order valence-corrected chi connectivity index (χ4v) is 5.48. The fourth-order valence-electron chi connectivity index (χ4n) is 3.74. The lowest BCUT2D eigenvalue weighted by molar-refractivity contribution is -0.758. The van der Waals surface area contributed by atoms with Crippen LogP contribution in [0.25, 0.3) is 10.8 Å². The monoisotopic (exact) mass is 566 g/mol. The second-order valence-corrected chi connectivity index (χ2v) is 10.3. The Kier molecular flexibility index (Phi) is 9.53. The minimum Gasteiger partial charge on any atom is -0.432 e. The highest BCUT2D eigenvalue weighted by atomic mass is 32.2. The average Bonchev–Trinajstić information content (AvgIpc) is 3.19. The number of carbonyl (C=O) groups is 1. The summed E-state index contributed by atoms with van der Waals surface area (Å²) in [7, 11) is -0.651. The molecule has 39 heavy (non-hydrogen) atoms. The third-order valence-corrected chi connectivity index (χ3v) is 7.57. The summed E-state index contributed by atoms with van der Waals surface area (Å²) in [6.45, 7) is 3.96. The SMILES string of the molecule is Cc1noc(N(C(C)OC(=O)OCCOCCO[N+](=O)[O-])S(=O)(=O)c2cccc3c(N(C)C)cccc23)c1C. The minimum atomic E-state index is -4.37. The highest BCUT2D eigenvalue weighted by Crippen LogP contribution is 2.36. The van der Waals surface area contributed by atoms with E-state index >= 15 is 0 Å². The van der Waals surface area contributed by atoms with E-state index in [-0.39, 0.29) is 37.2 Å². The van der Waals surface area contributed by atoms with Crippen molar-refractivity contribution in [1.82, 2.24) is 5.16 Å². The molecule has 1 atom stereocenters. The Balaban J connectivity index is 1.86. The number of aromatic nitrogens is 1. The average molecular weight is 567 g/mol. The lowest BCUT2D eigenvalue weighted by atomic mass is 10.1. The molecule has 0 spiro atoms. The Bertz CT molecular complexity index is 1420.